The maximum Gasteiger partial charge on any atom is 1.00 e. The first-order chi connectivity index (χ1) is 7.22. The molecule has 0 aromatic heterocycles. The van der Waals surface area contributed by atoms with Crippen molar-refractivity contribution in [3.63, 3.8) is 0 Å². The Morgan fingerprint density at radius 1 is 1.56 bits per heavy atom. The van der Waals surface area contributed by atoms with Gasteiger partial charge in [0.05, 0.1) is 6.61 Å². The molecule has 0 aliphatic carbocycles. The summed E-state index contributed by atoms with van der Waals surface area (Å²) >= 11 is 0. The summed E-state index contributed by atoms with van der Waals surface area (Å²) in [5.74, 6) is 0.753. The average molecular weight is 289 g/mol. The molecule has 1 aromatic rings. The molecule has 0 N–H and O–H groups in total. The van der Waals surface area contributed by atoms with E-state index in [0.29, 0.717) is 0 Å². The second-order valence-corrected chi connectivity index (χ2v) is 3.85. The first-order valence-corrected chi connectivity index (χ1v) is 5.32. The van der Waals surface area contributed by atoms with Gasteiger partial charge in [-0.3, -0.25) is 0 Å². The van der Waals surface area contributed by atoms with E-state index in [1.54, 1.807) is 0 Å². The van der Waals surface area contributed by atoms with E-state index in [0.717, 1.165) is 23.3 Å². The van der Waals surface area contributed by atoms with E-state index in [2.05, 4.69) is 19.9 Å². The third kappa shape index (κ3) is 3.05. The fourth-order valence-corrected chi connectivity index (χ4v) is 1.86. The molecule has 2 rings (SSSR count). The normalized spacial score (nSPS) is 18.7. The fourth-order valence-electron chi connectivity index (χ4n) is 1.86. The van der Waals surface area contributed by atoms with Gasteiger partial charge in [0.25, 0.3) is 0 Å². The molecular formula is C13H15O2Rb. The van der Waals surface area contributed by atoms with Gasteiger partial charge in [-0.2, -0.15) is 0 Å². The van der Waals surface area contributed by atoms with Crippen molar-refractivity contribution in [3.8, 4) is 5.75 Å². The SMILES string of the molecule is CCC=C(C)c1ccc2c(c1)[C@H]([O-])CO2.[Rb+]. The first kappa shape index (κ1) is 14.6. The molecule has 80 valence electrons. The monoisotopic (exact) mass is 288 g/mol. The summed E-state index contributed by atoms with van der Waals surface area (Å²) in [6, 6.07) is 5.87. The van der Waals surface area contributed by atoms with Crippen molar-refractivity contribution in [2.24, 2.45) is 0 Å². The van der Waals surface area contributed by atoms with Crippen LogP contribution in [0, 0.1) is 0 Å². The maximum absolute atomic E-state index is 11.5. The molecule has 0 saturated carbocycles. The predicted molar refractivity (Wildman–Crippen MR) is 58.6 cm³/mol. The molecule has 1 aliphatic heterocycles. The molecule has 0 radical (unpaired) electrons. The molecule has 1 aromatic carbocycles. The van der Waals surface area contributed by atoms with Crippen LogP contribution in [-0.2, 0) is 0 Å². The van der Waals surface area contributed by atoms with Crippen LogP contribution in [0.1, 0.15) is 37.5 Å². The zero-order valence-electron chi connectivity index (χ0n) is 10.1. The second-order valence-electron chi connectivity index (χ2n) is 3.85. The number of ether oxygens (including phenoxy) is 1. The quantitative estimate of drug-likeness (QED) is 0.721. The smallest absolute Gasteiger partial charge is 0.846 e. The summed E-state index contributed by atoms with van der Waals surface area (Å²) in [6.45, 7) is 4.45. The van der Waals surface area contributed by atoms with Crippen molar-refractivity contribution in [1.29, 1.82) is 0 Å². The minimum absolute atomic E-state index is 0. The van der Waals surface area contributed by atoms with Crippen molar-refractivity contribution in [2.75, 3.05) is 6.61 Å². The van der Waals surface area contributed by atoms with Crippen LogP contribution >= 0.6 is 0 Å². The second kappa shape index (κ2) is 6.46. The van der Waals surface area contributed by atoms with Crippen molar-refractivity contribution in [2.45, 2.75) is 26.4 Å². The topological polar surface area (TPSA) is 32.3 Å². The Bertz CT molecular complexity index is 399. The molecule has 2 nitrogen and oxygen atoms in total. The average Bonchev–Trinajstić information content (AvgIpc) is 2.60. The van der Waals surface area contributed by atoms with Crippen LogP contribution in [0.2, 0.25) is 0 Å². The Kier molecular flexibility index (Phi) is 5.89. The van der Waals surface area contributed by atoms with Crippen molar-refractivity contribution in [1.82, 2.24) is 0 Å². The zero-order valence-corrected chi connectivity index (χ0v) is 15.0. The van der Waals surface area contributed by atoms with E-state index in [-0.39, 0.29) is 64.8 Å². The molecule has 16 heavy (non-hydrogen) atoms. The number of fused-ring (bicyclic) bond motifs is 1. The van der Waals surface area contributed by atoms with E-state index in [1.165, 1.54) is 5.57 Å². The van der Waals surface area contributed by atoms with Crippen molar-refractivity contribution < 1.29 is 68.0 Å². The minimum atomic E-state index is -0.714. The number of hydrogen-bond acceptors (Lipinski definition) is 2. The van der Waals surface area contributed by atoms with E-state index in [4.69, 9.17) is 4.74 Å². The molecule has 0 saturated heterocycles. The summed E-state index contributed by atoms with van der Waals surface area (Å²) in [4.78, 5) is 0. The van der Waals surface area contributed by atoms with Gasteiger partial charge in [0.1, 0.15) is 5.75 Å². The number of benzene rings is 1. The standard InChI is InChI=1S/C13H15O2.Rb/c1-3-4-9(2)10-5-6-13-11(7-10)12(14)8-15-13;/h4-7,12H,3,8H2,1-2H3;/q-1;+1/t12-;/m1./s1. The number of rotatable bonds is 2. The van der Waals surface area contributed by atoms with Crippen LogP contribution in [0.4, 0.5) is 0 Å². The number of allylic oxidation sites excluding steroid dienone is 2. The van der Waals surface area contributed by atoms with Crippen LogP contribution in [-0.4, -0.2) is 6.61 Å². The van der Waals surface area contributed by atoms with E-state index in [9.17, 15) is 5.11 Å². The summed E-state index contributed by atoms with van der Waals surface area (Å²) in [7, 11) is 0. The first-order valence-electron chi connectivity index (χ1n) is 5.32. The molecule has 0 spiro atoms. The molecule has 0 fully saturated rings. The van der Waals surface area contributed by atoms with E-state index < -0.39 is 6.10 Å². The molecular weight excluding hydrogens is 274 g/mol. The molecule has 3 heteroatoms. The summed E-state index contributed by atoms with van der Waals surface area (Å²) < 4.78 is 5.27. The molecule has 1 aliphatic rings. The Balaban J connectivity index is 0.00000128. The van der Waals surface area contributed by atoms with Gasteiger partial charge in [-0.05, 0) is 42.2 Å². The molecule has 0 amide bonds. The van der Waals surface area contributed by atoms with Crippen LogP contribution < -0.4 is 68.0 Å². The summed E-state index contributed by atoms with van der Waals surface area (Å²) in [6.07, 6.45) is 2.46. The molecule has 1 heterocycles. The van der Waals surface area contributed by atoms with E-state index >= 15 is 0 Å². The Morgan fingerprint density at radius 2 is 2.31 bits per heavy atom. The van der Waals surface area contributed by atoms with Gasteiger partial charge >= 0.3 is 58.2 Å². The summed E-state index contributed by atoms with van der Waals surface area (Å²) in [5.41, 5.74) is 3.15. The predicted octanol–water partition coefficient (Wildman–Crippen LogP) is -0.702. The summed E-state index contributed by atoms with van der Waals surface area (Å²) in [5, 5.41) is 11.5. The van der Waals surface area contributed by atoms with Gasteiger partial charge in [-0.1, -0.05) is 25.2 Å². The van der Waals surface area contributed by atoms with Crippen LogP contribution in [0.5, 0.6) is 5.75 Å². The Labute approximate surface area is 145 Å². The third-order valence-electron chi connectivity index (χ3n) is 2.71. The largest absolute Gasteiger partial charge is 1.00 e. The van der Waals surface area contributed by atoms with Gasteiger partial charge in [0.15, 0.2) is 0 Å². The molecule has 0 bridgehead atoms. The molecule has 1 atom stereocenters. The maximum atomic E-state index is 11.5. The Morgan fingerprint density at radius 3 is 3.00 bits per heavy atom. The van der Waals surface area contributed by atoms with Gasteiger partial charge < -0.3 is 9.84 Å². The van der Waals surface area contributed by atoms with E-state index in [1.807, 2.05) is 18.2 Å². The van der Waals surface area contributed by atoms with Crippen LogP contribution in [0.3, 0.4) is 0 Å². The van der Waals surface area contributed by atoms with Gasteiger partial charge in [0.2, 0.25) is 0 Å². The van der Waals surface area contributed by atoms with Gasteiger partial charge in [-0.15, -0.1) is 0 Å². The zero-order chi connectivity index (χ0) is 10.8. The fraction of sp³-hybridized carbons (Fsp3) is 0.385. The third-order valence-corrected chi connectivity index (χ3v) is 2.71. The van der Waals surface area contributed by atoms with Crippen LogP contribution in [0.15, 0.2) is 24.3 Å². The van der Waals surface area contributed by atoms with Crippen LogP contribution in [0.25, 0.3) is 5.57 Å². The van der Waals surface area contributed by atoms with Crippen molar-refractivity contribution in [3.05, 3.63) is 35.4 Å². The van der Waals surface area contributed by atoms with Gasteiger partial charge in [-0.25, -0.2) is 0 Å². The Hall–Kier alpha value is 0.525. The molecule has 0 unspecified atom stereocenters. The van der Waals surface area contributed by atoms with Gasteiger partial charge in [0, 0.05) is 0 Å². The van der Waals surface area contributed by atoms with Crippen molar-refractivity contribution >= 4 is 5.57 Å². The minimum Gasteiger partial charge on any atom is -0.846 e. The number of hydrogen-bond donors (Lipinski definition) is 0.